The van der Waals surface area contributed by atoms with Gasteiger partial charge in [0, 0.05) is 51.9 Å². The third-order valence-electron chi connectivity index (χ3n) is 6.25. The lowest BCUT2D eigenvalue weighted by Crippen LogP contribution is -2.49. The fraction of sp³-hybridized carbons (Fsp3) is 0.545. The van der Waals surface area contributed by atoms with Crippen LogP contribution in [0.1, 0.15) is 36.2 Å². The van der Waals surface area contributed by atoms with Gasteiger partial charge in [0.15, 0.2) is 0 Å². The van der Waals surface area contributed by atoms with Crippen molar-refractivity contribution in [2.24, 2.45) is 7.05 Å². The molecule has 0 atom stereocenters. The lowest BCUT2D eigenvalue weighted by molar-refractivity contribution is 0.0144. The van der Waals surface area contributed by atoms with Gasteiger partial charge in [-0.2, -0.15) is 5.10 Å². The zero-order valence-electron chi connectivity index (χ0n) is 16.9. The van der Waals surface area contributed by atoms with Gasteiger partial charge in [-0.3, -0.25) is 9.48 Å². The van der Waals surface area contributed by atoms with E-state index in [-0.39, 0.29) is 5.91 Å². The SMILES string of the molecule is COC1CCN(C2CCN(C(=O)c3cc(-c4ccccc4)nn3C)CC2)CC1. The third-order valence-corrected chi connectivity index (χ3v) is 6.25. The van der Waals surface area contributed by atoms with Gasteiger partial charge in [-0.05, 0) is 31.7 Å². The maximum Gasteiger partial charge on any atom is 0.272 e. The molecule has 6 heteroatoms. The van der Waals surface area contributed by atoms with Gasteiger partial charge in [0.25, 0.3) is 5.91 Å². The molecular weight excluding hydrogens is 352 g/mol. The van der Waals surface area contributed by atoms with Gasteiger partial charge in [0.1, 0.15) is 5.69 Å². The van der Waals surface area contributed by atoms with E-state index in [0.29, 0.717) is 17.8 Å². The molecule has 2 aromatic rings. The quantitative estimate of drug-likeness (QED) is 0.816. The van der Waals surface area contributed by atoms with E-state index in [2.05, 4.69) is 10.00 Å². The van der Waals surface area contributed by atoms with Crippen molar-refractivity contribution in [2.45, 2.75) is 37.8 Å². The highest BCUT2D eigenvalue weighted by Crippen LogP contribution is 2.24. The number of amides is 1. The van der Waals surface area contributed by atoms with Crippen LogP contribution in [0.4, 0.5) is 0 Å². The standard InChI is InChI=1S/C22H30N4O2/c1-24-21(16-20(23-24)17-6-4-3-5-7-17)22(27)26-12-8-18(9-13-26)25-14-10-19(28-2)11-15-25/h3-7,16,18-19H,8-15H2,1-2H3. The van der Waals surface area contributed by atoms with Crippen molar-refractivity contribution < 1.29 is 9.53 Å². The first kappa shape index (κ1) is 19.2. The molecule has 6 nitrogen and oxygen atoms in total. The second-order valence-electron chi connectivity index (χ2n) is 7.90. The summed E-state index contributed by atoms with van der Waals surface area (Å²) in [4.78, 5) is 17.6. The van der Waals surface area contributed by atoms with Gasteiger partial charge >= 0.3 is 0 Å². The van der Waals surface area contributed by atoms with Crippen LogP contribution < -0.4 is 0 Å². The lowest BCUT2D eigenvalue weighted by atomic mass is 9.98. The molecule has 1 amide bonds. The Bertz CT molecular complexity index is 788. The Kier molecular flexibility index (Phi) is 5.78. The number of hydrogen-bond donors (Lipinski definition) is 0. The van der Waals surface area contributed by atoms with Gasteiger partial charge in [-0.1, -0.05) is 30.3 Å². The van der Waals surface area contributed by atoms with Crippen LogP contribution in [0.3, 0.4) is 0 Å². The highest BCUT2D eigenvalue weighted by atomic mass is 16.5. The summed E-state index contributed by atoms with van der Waals surface area (Å²) in [5.74, 6) is 0.0914. The summed E-state index contributed by atoms with van der Waals surface area (Å²) in [6, 6.07) is 12.5. The van der Waals surface area contributed by atoms with E-state index in [9.17, 15) is 4.79 Å². The van der Waals surface area contributed by atoms with Crippen LogP contribution in [-0.4, -0.2) is 70.9 Å². The van der Waals surface area contributed by atoms with E-state index >= 15 is 0 Å². The molecule has 0 radical (unpaired) electrons. The molecular formula is C22H30N4O2. The second-order valence-corrected chi connectivity index (χ2v) is 7.90. The highest BCUT2D eigenvalue weighted by molar-refractivity contribution is 5.93. The van der Waals surface area contributed by atoms with E-state index < -0.39 is 0 Å². The Labute approximate surface area is 167 Å². The highest BCUT2D eigenvalue weighted by Gasteiger charge is 2.30. The largest absolute Gasteiger partial charge is 0.381 e. The van der Waals surface area contributed by atoms with Crippen molar-refractivity contribution in [1.82, 2.24) is 19.6 Å². The molecule has 0 N–H and O–H groups in total. The van der Waals surface area contributed by atoms with Gasteiger partial charge in [-0.15, -0.1) is 0 Å². The van der Waals surface area contributed by atoms with Crippen LogP contribution in [0.2, 0.25) is 0 Å². The number of aromatic nitrogens is 2. The smallest absolute Gasteiger partial charge is 0.272 e. The number of methoxy groups -OCH3 is 1. The Morgan fingerprint density at radius 2 is 1.71 bits per heavy atom. The van der Waals surface area contributed by atoms with Crippen molar-refractivity contribution in [1.29, 1.82) is 0 Å². The number of benzene rings is 1. The predicted molar refractivity (Wildman–Crippen MR) is 109 cm³/mol. The topological polar surface area (TPSA) is 50.6 Å². The number of piperidine rings is 2. The van der Waals surface area contributed by atoms with Crippen LogP contribution in [0.15, 0.2) is 36.4 Å². The minimum Gasteiger partial charge on any atom is -0.381 e. The van der Waals surface area contributed by atoms with Gasteiger partial charge < -0.3 is 14.5 Å². The van der Waals surface area contributed by atoms with E-state index in [4.69, 9.17) is 4.74 Å². The summed E-state index contributed by atoms with van der Waals surface area (Å²) >= 11 is 0. The Morgan fingerprint density at radius 1 is 1.04 bits per heavy atom. The molecule has 4 rings (SSSR count). The second kappa shape index (κ2) is 8.45. The summed E-state index contributed by atoms with van der Waals surface area (Å²) in [5.41, 5.74) is 2.55. The molecule has 0 saturated carbocycles. The zero-order chi connectivity index (χ0) is 19.5. The van der Waals surface area contributed by atoms with Crippen molar-refractivity contribution in [3.8, 4) is 11.3 Å². The van der Waals surface area contributed by atoms with Crippen molar-refractivity contribution in [3.05, 3.63) is 42.1 Å². The molecule has 2 saturated heterocycles. The van der Waals surface area contributed by atoms with Crippen LogP contribution in [0, 0.1) is 0 Å². The molecule has 2 fully saturated rings. The maximum absolute atomic E-state index is 13.1. The number of nitrogens with zero attached hydrogens (tertiary/aromatic N) is 4. The average molecular weight is 383 g/mol. The van der Waals surface area contributed by atoms with Gasteiger partial charge in [0.05, 0.1) is 11.8 Å². The number of aryl methyl sites for hydroxylation is 1. The van der Waals surface area contributed by atoms with Crippen molar-refractivity contribution in [3.63, 3.8) is 0 Å². The zero-order valence-corrected chi connectivity index (χ0v) is 16.9. The molecule has 150 valence electrons. The van der Waals surface area contributed by atoms with E-state index in [1.807, 2.05) is 55.5 Å². The summed E-state index contributed by atoms with van der Waals surface area (Å²) in [7, 11) is 3.67. The lowest BCUT2D eigenvalue weighted by Gasteiger charge is -2.41. The van der Waals surface area contributed by atoms with E-state index in [0.717, 1.165) is 63.1 Å². The number of likely N-dealkylation sites (tertiary alicyclic amines) is 2. The summed E-state index contributed by atoms with van der Waals surface area (Å²) in [6.07, 6.45) is 4.75. The van der Waals surface area contributed by atoms with E-state index in [1.54, 1.807) is 4.68 Å². The maximum atomic E-state index is 13.1. The predicted octanol–water partition coefficient (Wildman–Crippen LogP) is 2.80. The summed E-state index contributed by atoms with van der Waals surface area (Å²) in [5, 5.41) is 4.55. The molecule has 1 aromatic carbocycles. The molecule has 0 spiro atoms. The minimum absolute atomic E-state index is 0.0914. The summed E-state index contributed by atoms with van der Waals surface area (Å²) < 4.78 is 7.20. The fourth-order valence-corrected chi connectivity index (χ4v) is 4.49. The van der Waals surface area contributed by atoms with Crippen LogP contribution >= 0.6 is 0 Å². The van der Waals surface area contributed by atoms with Gasteiger partial charge in [-0.25, -0.2) is 0 Å². The minimum atomic E-state index is 0.0914. The van der Waals surface area contributed by atoms with Gasteiger partial charge in [0.2, 0.25) is 0 Å². The molecule has 2 aliphatic heterocycles. The normalized spacial score (nSPS) is 19.9. The fourth-order valence-electron chi connectivity index (χ4n) is 4.49. The molecule has 1 aromatic heterocycles. The van der Waals surface area contributed by atoms with Crippen molar-refractivity contribution in [2.75, 3.05) is 33.3 Å². The van der Waals surface area contributed by atoms with E-state index in [1.165, 1.54) is 0 Å². The van der Waals surface area contributed by atoms with Crippen molar-refractivity contribution >= 4 is 5.91 Å². The first-order valence-electron chi connectivity index (χ1n) is 10.3. The first-order chi connectivity index (χ1) is 13.7. The molecule has 2 aliphatic rings. The van der Waals surface area contributed by atoms with Crippen LogP contribution in [0.5, 0.6) is 0 Å². The summed E-state index contributed by atoms with van der Waals surface area (Å²) in [6.45, 7) is 3.86. The molecule has 0 unspecified atom stereocenters. The Balaban J connectivity index is 1.36. The molecule has 3 heterocycles. The number of rotatable bonds is 4. The number of carbonyl (C=O) groups is 1. The van der Waals surface area contributed by atoms with Crippen LogP contribution in [-0.2, 0) is 11.8 Å². The molecule has 0 bridgehead atoms. The number of carbonyl (C=O) groups excluding carboxylic acids is 1. The van der Waals surface area contributed by atoms with Crippen LogP contribution in [0.25, 0.3) is 11.3 Å². The average Bonchev–Trinajstić information content (AvgIpc) is 3.16. The number of ether oxygens (including phenoxy) is 1. The first-order valence-corrected chi connectivity index (χ1v) is 10.3. The number of hydrogen-bond acceptors (Lipinski definition) is 4. The molecule has 0 aliphatic carbocycles. The molecule has 28 heavy (non-hydrogen) atoms. The third kappa shape index (κ3) is 3.98. The Hall–Kier alpha value is -2.18. The Morgan fingerprint density at radius 3 is 2.36 bits per heavy atom. The monoisotopic (exact) mass is 382 g/mol.